The summed E-state index contributed by atoms with van der Waals surface area (Å²) in [6.07, 6.45) is 5.76. The molecule has 1 aromatic carbocycles. The number of amides is 1. The molecular weight excluding hydrogens is 364 g/mol. The van der Waals surface area contributed by atoms with E-state index in [-0.39, 0.29) is 0 Å². The Labute approximate surface area is 173 Å². The average Bonchev–Trinajstić information content (AvgIpc) is 2.95. The number of hydrogen-bond donors (Lipinski definition) is 0. The predicted octanol–water partition coefficient (Wildman–Crippen LogP) is 2.22. The van der Waals surface area contributed by atoms with Crippen LogP contribution in [0.2, 0.25) is 0 Å². The summed E-state index contributed by atoms with van der Waals surface area (Å²) in [7, 11) is 4.03. The van der Waals surface area contributed by atoms with E-state index >= 15 is 0 Å². The van der Waals surface area contributed by atoms with E-state index in [4.69, 9.17) is 0 Å². The standard InChI is InChI=1S/C22H32N6O/c1-25(2)22-19-16-18(7-8-20(19)23-17-24-22)27-13-10-26(11-14-27)12-15-28-9-5-3-4-6-21(28)29/h7-8,16-17H,3-6,9-15H2,1-2H3. The molecule has 3 heterocycles. The molecule has 2 aliphatic rings. The van der Waals surface area contributed by atoms with Crippen molar-refractivity contribution in [2.24, 2.45) is 0 Å². The minimum Gasteiger partial charge on any atom is -0.369 e. The van der Waals surface area contributed by atoms with Gasteiger partial charge in [-0.3, -0.25) is 9.69 Å². The maximum Gasteiger partial charge on any atom is 0.222 e. The fourth-order valence-electron chi connectivity index (χ4n) is 4.35. The number of aromatic nitrogens is 2. The van der Waals surface area contributed by atoms with Crippen LogP contribution in [0, 0.1) is 0 Å². The molecular formula is C22H32N6O. The third-order valence-electron chi connectivity index (χ3n) is 6.12. The zero-order valence-corrected chi connectivity index (χ0v) is 17.7. The fraction of sp³-hybridized carbons (Fsp3) is 0.591. The first kappa shape index (κ1) is 19.9. The van der Waals surface area contributed by atoms with Crippen LogP contribution in [0.5, 0.6) is 0 Å². The number of piperazine rings is 1. The lowest BCUT2D eigenvalue weighted by Gasteiger charge is -2.37. The largest absolute Gasteiger partial charge is 0.369 e. The summed E-state index contributed by atoms with van der Waals surface area (Å²) in [5.74, 6) is 1.30. The van der Waals surface area contributed by atoms with E-state index in [1.54, 1.807) is 6.33 Å². The summed E-state index contributed by atoms with van der Waals surface area (Å²) in [5, 5.41) is 1.09. The van der Waals surface area contributed by atoms with Gasteiger partial charge in [0.25, 0.3) is 0 Å². The lowest BCUT2D eigenvalue weighted by Crippen LogP contribution is -2.49. The Kier molecular flexibility index (Phi) is 6.13. The van der Waals surface area contributed by atoms with Crippen molar-refractivity contribution in [3.05, 3.63) is 24.5 Å². The number of fused-ring (bicyclic) bond motifs is 1. The summed E-state index contributed by atoms with van der Waals surface area (Å²) >= 11 is 0. The van der Waals surface area contributed by atoms with E-state index in [1.807, 2.05) is 19.0 Å². The maximum atomic E-state index is 12.2. The highest BCUT2D eigenvalue weighted by Crippen LogP contribution is 2.27. The zero-order chi connectivity index (χ0) is 20.2. The van der Waals surface area contributed by atoms with Crippen molar-refractivity contribution in [3.63, 3.8) is 0 Å². The first-order valence-corrected chi connectivity index (χ1v) is 10.8. The van der Waals surface area contributed by atoms with Gasteiger partial charge in [0.2, 0.25) is 5.91 Å². The summed E-state index contributed by atoms with van der Waals surface area (Å²) in [5.41, 5.74) is 2.21. The van der Waals surface area contributed by atoms with Gasteiger partial charge in [-0.15, -0.1) is 0 Å². The van der Waals surface area contributed by atoms with Crippen molar-refractivity contribution >= 4 is 28.3 Å². The molecule has 0 bridgehead atoms. The van der Waals surface area contributed by atoms with Crippen LogP contribution in [-0.4, -0.2) is 85.6 Å². The molecule has 156 valence electrons. The Balaban J connectivity index is 1.36. The van der Waals surface area contributed by atoms with Gasteiger partial charge in [0.1, 0.15) is 12.1 Å². The van der Waals surface area contributed by atoms with Crippen LogP contribution in [-0.2, 0) is 4.79 Å². The summed E-state index contributed by atoms with van der Waals surface area (Å²) in [6, 6.07) is 6.48. The molecule has 7 heteroatoms. The van der Waals surface area contributed by atoms with E-state index in [1.165, 1.54) is 12.1 Å². The van der Waals surface area contributed by atoms with Crippen molar-refractivity contribution in [3.8, 4) is 0 Å². The first-order valence-electron chi connectivity index (χ1n) is 10.8. The van der Waals surface area contributed by atoms with E-state index < -0.39 is 0 Å². The molecule has 2 aromatic rings. The van der Waals surface area contributed by atoms with E-state index in [2.05, 4.69) is 42.9 Å². The SMILES string of the molecule is CN(C)c1ncnc2ccc(N3CCN(CCN4CCCCCC4=O)CC3)cc12. The highest BCUT2D eigenvalue weighted by Gasteiger charge is 2.21. The average molecular weight is 397 g/mol. The van der Waals surface area contributed by atoms with Gasteiger partial charge in [0, 0.05) is 77.4 Å². The Morgan fingerprint density at radius 3 is 2.59 bits per heavy atom. The maximum absolute atomic E-state index is 12.2. The second kappa shape index (κ2) is 8.95. The van der Waals surface area contributed by atoms with Crippen LogP contribution in [0.25, 0.3) is 10.9 Å². The highest BCUT2D eigenvalue weighted by molar-refractivity contribution is 5.91. The second-order valence-electron chi connectivity index (χ2n) is 8.31. The first-order chi connectivity index (χ1) is 14.1. The van der Waals surface area contributed by atoms with Gasteiger partial charge in [0.15, 0.2) is 0 Å². The van der Waals surface area contributed by atoms with Crippen LogP contribution in [0.1, 0.15) is 25.7 Å². The minimum absolute atomic E-state index is 0.344. The number of nitrogens with zero attached hydrogens (tertiary/aromatic N) is 6. The van der Waals surface area contributed by atoms with Gasteiger partial charge in [-0.1, -0.05) is 6.42 Å². The number of rotatable bonds is 5. The molecule has 29 heavy (non-hydrogen) atoms. The van der Waals surface area contributed by atoms with Crippen LogP contribution >= 0.6 is 0 Å². The van der Waals surface area contributed by atoms with Gasteiger partial charge in [-0.05, 0) is 31.0 Å². The number of likely N-dealkylation sites (tertiary alicyclic amines) is 1. The van der Waals surface area contributed by atoms with Crippen LogP contribution in [0.4, 0.5) is 11.5 Å². The molecule has 0 N–H and O–H groups in total. The molecule has 0 unspecified atom stereocenters. The van der Waals surface area contributed by atoms with Crippen molar-refractivity contribution in [2.45, 2.75) is 25.7 Å². The van der Waals surface area contributed by atoms with Crippen molar-refractivity contribution in [1.29, 1.82) is 0 Å². The number of benzene rings is 1. The Morgan fingerprint density at radius 1 is 0.966 bits per heavy atom. The summed E-state index contributed by atoms with van der Waals surface area (Å²) in [4.78, 5) is 30.1. The molecule has 4 rings (SSSR count). The molecule has 0 radical (unpaired) electrons. The zero-order valence-electron chi connectivity index (χ0n) is 17.7. The predicted molar refractivity (Wildman–Crippen MR) is 118 cm³/mol. The highest BCUT2D eigenvalue weighted by atomic mass is 16.2. The van der Waals surface area contributed by atoms with E-state index in [9.17, 15) is 4.79 Å². The Hall–Kier alpha value is -2.41. The molecule has 0 spiro atoms. The number of carbonyl (C=O) groups is 1. The van der Waals surface area contributed by atoms with Crippen molar-refractivity contribution in [2.75, 3.05) is 69.7 Å². The molecule has 2 saturated heterocycles. The molecule has 1 aromatic heterocycles. The Morgan fingerprint density at radius 2 is 1.79 bits per heavy atom. The van der Waals surface area contributed by atoms with E-state index in [0.717, 1.165) is 81.8 Å². The van der Waals surface area contributed by atoms with Gasteiger partial charge in [0.05, 0.1) is 5.52 Å². The van der Waals surface area contributed by atoms with Crippen molar-refractivity contribution in [1.82, 2.24) is 19.8 Å². The van der Waals surface area contributed by atoms with Gasteiger partial charge >= 0.3 is 0 Å². The Bertz CT molecular complexity index is 846. The van der Waals surface area contributed by atoms with Gasteiger partial charge in [-0.25, -0.2) is 9.97 Å². The van der Waals surface area contributed by atoms with Crippen LogP contribution < -0.4 is 9.80 Å². The van der Waals surface area contributed by atoms with Crippen LogP contribution in [0.3, 0.4) is 0 Å². The molecule has 0 atom stereocenters. The van der Waals surface area contributed by atoms with Gasteiger partial charge in [-0.2, -0.15) is 0 Å². The number of carbonyl (C=O) groups excluding carboxylic acids is 1. The molecule has 1 amide bonds. The lowest BCUT2D eigenvalue weighted by molar-refractivity contribution is -0.130. The molecule has 0 aliphatic carbocycles. The minimum atomic E-state index is 0.344. The topological polar surface area (TPSA) is 55.8 Å². The number of hydrogen-bond acceptors (Lipinski definition) is 6. The molecule has 7 nitrogen and oxygen atoms in total. The fourth-order valence-corrected chi connectivity index (χ4v) is 4.35. The monoisotopic (exact) mass is 396 g/mol. The molecule has 2 fully saturated rings. The normalized spacial score (nSPS) is 18.9. The molecule has 0 saturated carbocycles. The van der Waals surface area contributed by atoms with Crippen molar-refractivity contribution < 1.29 is 4.79 Å². The summed E-state index contributed by atoms with van der Waals surface area (Å²) < 4.78 is 0. The third-order valence-corrected chi connectivity index (χ3v) is 6.12. The third kappa shape index (κ3) is 4.61. The summed E-state index contributed by atoms with van der Waals surface area (Å²) in [6.45, 7) is 6.87. The smallest absolute Gasteiger partial charge is 0.222 e. The quantitative estimate of drug-likeness (QED) is 0.773. The second-order valence-corrected chi connectivity index (χ2v) is 8.31. The van der Waals surface area contributed by atoms with Gasteiger partial charge < -0.3 is 14.7 Å². The lowest BCUT2D eigenvalue weighted by atomic mass is 10.1. The van der Waals surface area contributed by atoms with E-state index in [0.29, 0.717) is 5.91 Å². The molecule has 2 aliphatic heterocycles. The number of anilines is 2. The van der Waals surface area contributed by atoms with Crippen LogP contribution in [0.15, 0.2) is 24.5 Å².